The van der Waals surface area contributed by atoms with Crippen molar-refractivity contribution >= 4 is 28.7 Å². The number of aliphatic hydroxyl groups excluding tert-OH is 1. The Balaban J connectivity index is 1.36. The van der Waals surface area contributed by atoms with E-state index in [0.29, 0.717) is 28.0 Å². The van der Waals surface area contributed by atoms with E-state index in [1.807, 2.05) is 4.90 Å². The Morgan fingerprint density at radius 3 is 2.52 bits per heavy atom. The average Bonchev–Trinajstić information content (AvgIpc) is 3.36. The summed E-state index contributed by atoms with van der Waals surface area (Å²) in [5, 5.41) is 12.7. The van der Waals surface area contributed by atoms with Gasteiger partial charge in [-0.2, -0.15) is 0 Å². The molecule has 4 heterocycles. The monoisotopic (exact) mass is 420 g/mol. The molecule has 9 nitrogen and oxygen atoms in total. The van der Waals surface area contributed by atoms with Gasteiger partial charge >= 0.3 is 0 Å². The van der Waals surface area contributed by atoms with Gasteiger partial charge in [0.15, 0.2) is 5.65 Å². The van der Waals surface area contributed by atoms with Gasteiger partial charge in [0.1, 0.15) is 5.52 Å². The van der Waals surface area contributed by atoms with Crippen molar-refractivity contribution in [1.82, 2.24) is 19.9 Å². The van der Waals surface area contributed by atoms with E-state index in [9.17, 15) is 14.7 Å². The number of aromatic nitrogens is 3. The highest BCUT2D eigenvalue weighted by atomic mass is 16.3. The van der Waals surface area contributed by atoms with E-state index in [1.54, 1.807) is 30.6 Å². The highest BCUT2D eigenvalue weighted by Gasteiger charge is 2.43. The topological polar surface area (TPSA) is 137 Å². The van der Waals surface area contributed by atoms with Gasteiger partial charge in [0, 0.05) is 29.9 Å². The summed E-state index contributed by atoms with van der Waals surface area (Å²) in [6, 6.07) is 7.49. The second-order valence-electron chi connectivity index (χ2n) is 8.28. The average molecular weight is 420 g/mol. The van der Waals surface area contributed by atoms with Crippen LogP contribution < -0.4 is 11.1 Å². The van der Waals surface area contributed by atoms with Crippen LogP contribution in [0.1, 0.15) is 52.0 Å². The van der Waals surface area contributed by atoms with Crippen molar-refractivity contribution in [3.63, 3.8) is 0 Å². The van der Waals surface area contributed by atoms with Gasteiger partial charge in [0.2, 0.25) is 0 Å². The number of aliphatic hydroxyl groups is 1. The van der Waals surface area contributed by atoms with E-state index >= 15 is 0 Å². The molecule has 2 saturated heterocycles. The lowest BCUT2D eigenvalue weighted by Gasteiger charge is -2.39. The summed E-state index contributed by atoms with van der Waals surface area (Å²) < 4.78 is 0. The van der Waals surface area contributed by atoms with E-state index in [-0.39, 0.29) is 30.6 Å². The third-order valence-electron chi connectivity index (χ3n) is 6.41. The van der Waals surface area contributed by atoms with Crippen LogP contribution in [-0.4, -0.2) is 54.9 Å². The number of aromatic amines is 1. The smallest absolute Gasteiger partial charge is 0.254 e. The molecule has 5 rings (SSSR count). The Bertz CT molecular complexity index is 1130. The van der Waals surface area contributed by atoms with Crippen LogP contribution in [0.4, 0.5) is 5.69 Å². The number of primary amides is 1. The fourth-order valence-electron chi connectivity index (χ4n) is 4.96. The van der Waals surface area contributed by atoms with Crippen LogP contribution in [0, 0.1) is 0 Å². The molecule has 3 aromatic rings. The molecule has 0 unspecified atom stereocenters. The van der Waals surface area contributed by atoms with Gasteiger partial charge in [0.25, 0.3) is 11.8 Å². The fourth-order valence-corrected chi connectivity index (χ4v) is 4.96. The molecule has 2 aromatic heterocycles. The number of rotatable bonds is 5. The summed E-state index contributed by atoms with van der Waals surface area (Å²) >= 11 is 0. The summed E-state index contributed by atoms with van der Waals surface area (Å²) in [5.41, 5.74) is 9.09. The van der Waals surface area contributed by atoms with Crippen molar-refractivity contribution in [1.29, 1.82) is 0 Å². The predicted octanol–water partition coefficient (Wildman–Crippen LogP) is 1.80. The normalized spacial score (nSPS) is 22.6. The number of imidazole rings is 1. The number of piperidine rings is 1. The first-order chi connectivity index (χ1) is 15.0. The molecule has 1 aromatic carbocycles. The molecule has 5 N–H and O–H groups in total. The lowest BCUT2D eigenvalue weighted by atomic mass is 9.95. The number of carbonyl (C=O) groups is 2. The summed E-state index contributed by atoms with van der Waals surface area (Å²) in [4.78, 5) is 38.6. The molecule has 160 valence electrons. The molecule has 2 bridgehead atoms. The Labute approximate surface area is 178 Å². The van der Waals surface area contributed by atoms with E-state index < -0.39 is 5.91 Å². The molecule has 31 heavy (non-hydrogen) atoms. The Morgan fingerprint density at radius 1 is 1.16 bits per heavy atom. The molecule has 0 saturated carbocycles. The number of nitrogens with two attached hydrogens (primary N) is 1. The molecule has 0 spiro atoms. The maximum Gasteiger partial charge on any atom is 0.254 e. The molecule has 2 amide bonds. The lowest BCUT2D eigenvalue weighted by Crippen LogP contribution is -2.49. The minimum Gasteiger partial charge on any atom is -0.392 e. The number of carbonyl (C=O) groups excluding carboxylic acids is 2. The van der Waals surface area contributed by atoms with E-state index in [0.717, 1.165) is 31.2 Å². The number of H-pyrrole nitrogens is 1. The molecule has 2 aliphatic rings. The van der Waals surface area contributed by atoms with Crippen molar-refractivity contribution in [2.75, 3.05) is 5.32 Å². The highest BCUT2D eigenvalue weighted by molar-refractivity contribution is 6.04. The van der Waals surface area contributed by atoms with Gasteiger partial charge in [-0.3, -0.25) is 9.59 Å². The van der Waals surface area contributed by atoms with Crippen molar-refractivity contribution in [2.24, 2.45) is 5.73 Å². The largest absolute Gasteiger partial charge is 0.392 e. The first kappa shape index (κ1) is 19.5. The van der Waals surface area contributed by atoms with Crippen LogP contribution in [0.5, 0.6) is 0 Å². The van der Waals surface area contributed by atoms with Crippen LogP contribution in [0.2, 0.25) is 0 Å². The van der Waals surface area contributed by atoms with E-state index in [2.05, 4.69) is 20.3 Å². The molecule has 3 atom stereocenters. The van der Waals surface area contributed by atoms with Crippen molar-refractivity contribution < 1.29 is 14.7 Å². The second kappa shape index (κ2) is 7.66. The number of amides is 2. The molecule has 2 aliphatic heterocycles. The SMILES string of the molecule is NC(=O)c1cnc2[nH]cnc2c1N[C@@H]1C[C@H]2CC[C@@H](C1)N2C(=O)c1ccc(CO)cc1. The van der Waals surface area contributed by atoms with Crippen LogP contribution in [-0.2, 0) is 6.61 Å². The van der Waals surface area contributed by atoms with Crippen LogP contribution in [0.3, 0.4) is 0 Å². The highest BCUT2D eigenvalue weighted by Crippen LogP contribution is 2.38. The lowest BCUT2D eigenvalue weighted by molar-refractivity contribution is 0.0583. The number of anilines is 1. The van der Waals surface area contributed by atoms with Crippen molar-refractivity contribution in [3.8, 4) is 0 Å². The standard InChI is InChI=1S/C22H24N6O3/c23-20(30)17-9-24-21-19(25-11-26-21)18(17)27-14-7-15-5-6-16(8-14)28(15)22(31)13-3-1-12(10-29)2-4-13/h1-4,9,11,14-16,29H,5-8,10H2,(H2,23,30)(H2,24,25,26,27)/t14-,15-,16+. The molecule has 9 heteroatoms. The van der Waals surface area contributed by atoms with Crippen molar-refractivity contribution in [2.45, 2.75) is 50.4 Å². The number of benzene rings is 1. The van der Waals surface area contributed by atoms with Gasteiger partial charge in [-0.05, 0) is 43.4 Å². The second-order valence-corrected chi connectivity index (χ2v) is 8.28. The van der Waals surface area contributed by atoms with Crippen molar-refractivity contribution in [3.05, 3.63) is 53.5 Å². The maximum atomic E-state index is 13.2. The molecule has 0 aliphatic carbocycles. The van der Waals surface area contributed by atoms with E-state index in [1.165, 1.54) is 6.20 Å². The summed E-state index contributed by atoms with van der Waals surface area (Å²) in [6.45, 7) is -0.0393. The first-order valence-electron chi connectivity index (χ1n) is 10.5. The third-order valence-corrected chi connectivity index (χ3v) is 6.41. The number of hydrogen-bond donors (Lipinski definition) is 4. The number of nitrogens with one attached hydrogen (secondary N) is 2. The Kier molecular flexibility index (Phi) is 4.82. The number of fused-ring (bicyclic) bond motifs is 3. The summed E-state index contributed by atoms with van der Waals surface area (Å²) in [5.74, 6) is -0.520. The third kappa shape index (κ3) is 3.40. The van der Waals surface area contributed by atoms with Gasteiger partial charge in [-0.25, -0.2) is 9.97 Å². The van der Waals surface area contributed by atoms with Gasteiger partial charge < -0.3 is 26.0 Å². The zero-order valence-electron chi connectivity index (χ0n) is 16.9. The number of pyridine rings is 1. The zero-order chi connectivity index (χ0) is 21.5. The van der Waals surface area contributed by atoms with Gasteiger partial charge in [-0.1, -0.05) is 12.1 Å². The quantitative estimate of drug-likeness (QED) is 0.497. The minimum atomic E-state index is -0.554. The Morgan fingerprint density at radius 2 is 1.87 bits per heavy atom. The van der Waals surface area contributed by atoms with Gasteiger partial charge in [0.05, 0.1) is 24.2 Å². The molecule has 2 fully saturated rings. The first-order valence-corrected chi connectivity index (χ1v) is 10.5. The number of nitrogens with zero attached hydrogens (tertiary/aromatic N) is 3. The Hall–Kier alpha value is -3.46. The van der Waals surface area contributed by atoms with Crippen LogP contribution in [0.25, 0.3) is 11.2 Å². The molecular formula is C22H24N6O3. The zero-order valence-corrected chi connectivity index (χ0v) is 16.9. The van der Waals surface area contributed by atoms with Crippen LogP contribution in [0.15, 0.2) is 36.8 Å². The van der Waals surface area contributed by atoms with E-state index in [4.69, 9.17) is 5.73 Å². The fraction of sp³-hybridized carbons (Fsp3) is 0.364. The summed E-state index contributed by atoms with van der Waals surface area (Å²) in [7, 11) is 0. The minimum absolute atomic E-state index is 0.0341. The maximum absolute atomic E-state index is 13.2. The summed E-state index contributed by atoms with van der Waals surface area (Å²) in [6.07, 6.45) is 6.49. The van der Waals surface area contributed by atoms with Crippen LogP contribution >= 0.6 is 0 Å². The van der Waals surface area contributed by atoms with Gasteiger partial charge in [-0.15, -0.1) is 0 Å². The number of hydrogen-bond acceptors (Lipinski definition) is 6. The molecular weight excluding hydrogens is 396 g/mol. The predicted molar refractivity (Wildman–Crippen MR) is 114 cm³/mol. The molecule has 0 radical (unpaired) electrons.